The van der Waals surface area contributed by atoms with Gasteiger partial charge in [-0.05, 0) is 52.6 Å². The zero-order valence-corrected chi connectivity index (χ0v) is 18.9. The third-order valence-electron chi connectivity index (χ3n) is 5.11. The van der Waals surface area contributed by atoms with E-state index in [4.69, 9.17) is 4.74 Å². The van der Waals surface area contributed by atoms with Gasteiger partial charge in [0.2, 0.25) is 0 Å². The molecule has 0 aliphatic carbocycles. The molecule has 0 atom stereocenters. The third kappa shape index (κ3) is 4.04. The number of ketones is 1. The molecule has 0 bridgehead atoms. The highest BCUT2D eigenvalue weighted by Gasteiger charge is 2.18. The fraction of sp³-hybridized carbons (Fsp3) is 0.0800. The fourth-order valence-electron chi connectivity index (χ4n) is 3.47. The number of benzene rings is 3. The molecule has 7 heteroatoms. The van der Waals surface area contributed by atoms with Gasteiger partial charge in [-0.3, -0.25) is 9.36 Å². The molecule has 0 amide bonds. The summed E-state index contributed by atoms with van der Waals surface area (Å²) < 4.78 is 7.28. The smallest absolute Gasteiger partial charge is 0.196 e. The van der Waals surface area contributed by atoms with Crippen molar-refractivity contribution in [2.45, 2.75) is 5.16 Å². The quantitative estimate of drug-likeness (QED) is 0.217. The Bertz CT molecular complexity index is 1380. The molecule has 0 fully saturated rings. The number of hydrogen-bond acceptors (Lipinski definition) is 6. The summed E-state index contributed by atoms with van der Waals surface area (Å²) in [6.07, 6.45) is 0. The van der Waals surface area contributed by atoms with Crippen LogP contribution < -0.4 is 4.74 Å². The van der Waals surface area contributed by atoms with E-state index in [-0.39, 0.29) is 11.5 Å². The molecule has 0 aliphatic heterocycles. The van der Waals surface area contributed by atoms with Crippen LogP contribution in [0.25, 0.3) is 27.2 Å². The molecular formula is C25H19N3O2S2. The zero-order valence-electron chi connectivity index (χ0n) is 17.3. The second-order valence-corrected chi connectivity index (χ2v) is 8.98. The first-order chi connectivity index (χ1) is 15.7. The number of Topliss-reactive ketones (excluding diaryl/α,β-unsaturated/α-hetero) is 1. The molecular weight excluding hydrogens is 438 g/mol. The van der Waals surface area contributed by atoms with Crippen molar-refractivity contribution in [2.75, 3.05) is 12.9 Å². The first kappa shape index (κ1) is 20.5. The minimum absolute atomic E-state index is 0.0581. The van der Waals surface area contributed by atoms with Crippen LogP contribution in [0.1, 0.15) is 10.4 Å². The van der Waals surface area contributed by atoms with Crippen molar-refractivity contribution in [1.82, 2.24) is 14.8 Å². The SMILES string of the molecule is COc1ccc(-n2c(SCC(=O)c3ccc4ccccc4c3)nnc2-c2cccs2)cc1. The molecule has 0 N–H and O–H groups in total. The van der Waals surface area contributed by atoms with E-state index in [1.165, 1.54) is 11.8 Å². The van der Waals surface area contributed by atoms with Gasteiger partial charge in [0, 0.05) is 5.56 Å². The predicted octanol–water partition coefficient (Wildman–Crippen LogP) is 6.13. The van der Waals surface area contributed by atoms with E-state index in [1.54, 1.807) is 18.4 Å². The van der Waals surface area contributed by atoms with Crippen LogP contribution in [0.15, 0.2) is 89.4 Å². The molecule has 2 heterocycles. The zero-order chi connectivity index (χ0) is 21.9. The molecule has 0 saturated carbocycles. The highest BCUT2D eigenvalue weighted by atomic mass is 32.2. The Labute approximate surface area is 193 Å². The summed E-state index contributed by atoms with van der Waals surface area (Å²) in [5.41, 5.74) is 1.62. The number of ether oxygens (including phenoxy) is 1. The molecule has 5 aromatic rings. The highest BCUT2D eigenvalue weighted by molar-refractivity contribution is 7.99. The van der Waals surface area contributed by atoms with Crippen LogP contribution in [0.3, 0.4) is 0 Å². The minimum atomic E-state index is 0.0581. The molecule has 158 valence electrons. The molecule has 0 aliphatic rings. The van der Waals surface area contributed by atoms with Gasteiger partial charge in [-0.15, -0.1) is 21.5 Å². The van der Waals surface area contributed by atoms with Gasteiger partial charge in [-0.1, -0.05) is 54.2 Å². The highest BCUT2D eigenvalue weighted by Crippen LogP contribution is 2.31. The maximum atomic E-state index is 12.9. The number of aromatic nitrogens is 3. The lowest BCUT2D eigenvalue weighted by molar-refractivity contribution is 0.102. The standard InChI is InChI=1S/C25H19N3O2S2/c1-30-21-12-10-20(11-13-21)28-24(23-7-4-14-31-23)26-27-25(28)32-16-22(29)19-9-8-17-5-2-3-6-18(17)15-19/h2-15H,16H2,1H3. The Kier molecular flexibility index (Phi) is 5.75. The Morgan fingerprint density at radius 2 is 1.78 bits per heavy atom. The van der Waals surface area contributed by atoms with Crippen LogP contribution in [0.4, 0.5) is 0 Å². The number of fused-ring (bicyclic) bond motifs is 1. The van der Waals surface area contributed by atoms with Crippen molar-refractivity contribution in [3.63, 3.8) is 0 Å². The Balaban J connectivity index is 1.44. The average molecular weight is 458 g/mol. The van der Waals surface area contributed by atoms with Crippen molar-refractivity contribution in [2.24, 2.45) is 0 Å². The van der Waals surface area contributed by atoms with E-state index < -0.39 is 0 Å². The van der Waals surface area contributed by atoms with Crippen LogP contribution in [-0.2, 0) is 0 Å². The molecule has 3 aromatic carbocycles. The lowest BCUT2D eigenvalue weighted by Gasteiger charge is -2.10. The van der Waals surface area contributed by atoms with E-state index in [9.17, 15) is 4.79 Å². The number of hydrogen-bond donors (Lipinski definition) is 0. The Hall–Kier alpha value is -3.42. The van der Waals surface area contributed by atoms with E-state index in [2.05, 4.69) is 10.2 Å². The van der Waals surface area contributed by atoms with Crippen molar-refractivity contribution < 1.29 is 9.53 Å². The fourth-order valence-corrected chi connectivity index (χ4v) is 5.01. The molecule has 5 nitrogen and oxygen atoms in total. The summed E-state index contributed by atoms with van der Waals surface area (Å²) >= 11 is 3.00. The normalized spacial score (nSPS) is 11.0. The van der Waals surface area contributed by atoms with Gasteiger partial charge >= 0.3 is 0 Å². The third-order valence-corrected chi connectivity index (χ3v) is 6.90. The molecule has 2 aromatic heterocycles. The second kappa shape index (κ2) is 8.98. The Morgan fingerprint density at radius 1 is 0.969 bits per heavy atom. The molecule has 0 spiro atoms. The lowest BCUT2D eigenvalue weighted by atomic mass is 10.1. The average Bonchev–Trinajstić information content (AvgIpc) is 3.52. The van der Waals surface area contributed by atoms with Crippen molar-refractivity contribution in [3.8, 4) is 22.1 Å². The van der Waals surface area contributed by atoms with E-state index in [0.29, 0.717) is 10.7 Å². The van der Waals surface area contributed by atoms with Crippen LogP contribution in [0.5, 0.6) is 5.75 Å². The van der Waals surface area contributed by atoms with E-state index in [0.717, 1.165) is 32.9 Å². The van der Waals surface area contributed by atoms with Crippen LogP contribution in [0, 0.1) is 0 Å². The van der Waals surface area contributed by atoms with Gasteiger partial charge in [0.05, 0.1) is 23.4 Å². The minimum Gasteiger partial charge on any atom is -0.497 e. The number of nitrogens with zero attached hydrogens (tertiary/aromatic N) is 3. The van der Waals surface area contributed by atoms with Gasteiger partial charge in [-0.2, -0.15) is 0 Å². The van der Waals surface area contributed by atoms with Gasteiger partial charge in [0.15, 0.2) is 16.8 Å². The van der Waals surface area contributed by atoms with Crippen LogP contribution in [-0.4, -0.2) is 33.4 Å². The van der Waals surface area contributed by atoms with Crippen LogP contribution in [0.2, 0.25) is 0 Å². The number of carbonyl (C=O) groups excluding carboxylic acids is 1. The van der Waals surface area contributed by atoms with Gasteiger partial charge in [0.1, 0.15) is 5.75 Å². The Morgan fingerprint density at radius 3 is 2.53 bits per heavy atom. The molecule has 5 rings (SSSR count). The molecule has 0 radical (unpaired) electrons. The summed E-state index contributed by atoms with van der Waals surface area (Å²) in [7, 11) is 1.64. The number of thiophene rings is 1. The summed E-state index contributed by atoms with van der Waals surface area (Å²) in [5, 5.41) is 13.7. The maximum Gasteiger partial charge on any atom is 0.196 e. The molecule has 0 unspecified atom stereocenters. The van der Waals surface area contributed by atoms with Gasteiger partial charge in [-0.25, -0.2) is 0 Å². The molecule has 32 heavy (non-hydrogen) atoms. The van der Waals surface area contributed by atoms with Crippen LogP contribution >= 0.6 is 23.1 Å². The van der Waals surface area contributed by atoms with E-state index >= 15 is 0 Å². The van der Waals surface area contributed by atoms with Crippen molar-refractivity contribution >= 4 is 39.7 Å². The van der Waals surface area contributed by atoms with Gasteiger partial charge in [0.25, 0.3) is 0 Å². The maximum absolute atomic E-state index is 12.9. The summed E-state index contributed by atoms with van der Waals surface area (Å²) in [5.74, 6) is 1.87. The van der Waals surface area contributed by atoms with Gasteiger partial charge < -0.3 is 4.74 Å². The predicted molar refractivity (Wildman–Crippen MR) is 130 cm³/mol. The monoisotopic (exact) mass is 457 g/mol. The second-order valence-electron chi connectivity index (χ2n) is 7.09. The summed E-state index contributed by atoms with van der Waals surface area (Å²) in [4.78, 5) is 14.0. The number of thioether (sulfide) groups is 1. The largest absolute Gasteiger partial charge is 0.497 e. The van der Waals surface area contributed by atoms with Crippen molar-refractivity contribution in [3.05, 3.63) is 89.8 Å². The first-order valence-electron chi connectivity index (χ1n) is 10.0. The summed E-state index contributed by atoms with van der Waals surface area (Å²) in [6, 6.07) is 25.6. The lowest BCUT2D eigenvalue weighted by Crippen LogP contribution is -2.05. The number of carbonyl (C=O) groups is 1. The number of rotatable bonds is 7. The molecule has 0 saturated heterocycles. The van der Waals surface area contributed by atoms with E-state index in [1.807, 2.05) is 88.8 Å². The van der Waals surface area contributed by atoms with Crippen molar-refractivity contribution in [1.29, 1.82) is 0 Å². The number of methoxy groups -OCH3 is 1. The first-order valence-corrected chi connectivity index (χ1v) is 11.9. The topological polar surface area (TPSA) is 57.0 Å². The summed E-state index contributed by atoms with van der Waals surface area (Å²) in [6.45, 7) is 0.